The van der Waals surface area contributed by atoms with Crippen LogP contribution in [0.3, 0.4) is 0 Å². The van der Waals surface area contributed by atoms with Crippen molar-refractivity contribution < 1.29 is 18.7 Å². The third-order valence-corrected chi connectivity index (χ3v) is 2.74. The van der Waals surface area contributed by atoms with Gasteiger partial charge in [0.1, 0.15) is 5.82 Å². The summed E-state index contributed by atoms with van der Waals surface area (Å²) in [6.07, 6.45) is 0. The van der Waals surface area contributed by atoms with E-state index in [-0.39, 0.29) is 0 Å². The lowest BCUT2D eigenvalue weighted by Gasteiger charge is -2.08. The van der Waals surface area contributed by atoms with Crippen molar-refractivity contribution in [3.8, 4) is 0 Å². The first-order valence-electron chi connectivity index (χ1n) is 6.69. The zero-order valence-corrected chi connectivity index (χ0v) is 11.9. The Morgan fingerprint density at radius 1 is 1.05 bits per heavy atom. The number of carbonyl (C=O) groups is 2. The molecule has 0 spiro atoms. The Morgan fingerprint density at radius 2 is 1.73 bits per heavy atom. The van der Waals surface area contributed by atoms with Gasteiger partial charge in [-0.15, -0.1) is 0 Å². The number of hydrogen-bond acceptors (Lipinski definition) is 3. The highest BCUT2D eigenvalue weighted by molar-refractivity contribution is 6.00. The van der Waals surface area contributed by atoms with E-state index in [0.717, 1.165) is 0 Å². The molecular formula is C16H15FN2O3. The predicted octanol–water partition coefficient (Wildman–Crippen LogP) is 3.65. The Morgan fingerprint density at radius 3 is 2.36 bits per heavy atom. The average molecular weight is 302 g/mol. The molecule has 0 atom stereocenters. The highest BCUT2D eigenvalue weighted by atomic mass is 19.1. The van der Waals surface area contributed by atoms with Crippen molar-refractivity contribution in [1.29, 1.82) is 0 Å². The maximum atomic E-state index is 13.0. The van der Waals surface area contributed by atoms with Crippen molar-refractivity contribution in [2.45, 2.75) is 6.92 Å². The largest absolute Gasteiger partial charge is 0.462 e. The molecule has 2 rings (SSSR count). The second kappa shape index (κ2) is 7.21. The molecule has 0 aromatic heterocycles. The summed E-state index contributed by atoms with van der Waals surface area (Å²) in [4.78, 5) is 23.3. The fraction of sp³-hybridized carbons (Fsp3) is 0.125. The molecular weight excluding hydrogens is 287 g/mol. The van der Waals surface area contributed by atoms with Crippen molar-refractivity contribution in [2.75, 3.05) is 17.2 Å². The number of ether oxygens (including phenoxy) is 1. The van der Waals surface area contributed by atoms with Crippen LogP contribution in [0.2, 0.25) is 0 Å². The fourth-order valence-electron chi connectivity index (χ4n) is 1.76. The van der Waals surface area contributed by atoms with Crippen LogP contribution in [0.15, 0.2) is 48.5 Å². The van der Waals surface area contributed by atoms with Crippen LogP contribution < -0.4 is 10.6 Å². The van der Waals surface area contributed by atoms with Gasteiger partial charge in [-0.25, -0.2) is 14.0 Å². The van der Waals surface area contributed by atoms with Crippen LogP contribution in [0.25, 0.3) is 0 Å². The molecule has 5 nitrogen and oxygen atoms in total. The first-order valence-corrected chi connectivity index (χ1v) is 6.69. The molecule has 2 aromatic carbocycles. The maximum absolute atomic E-state index is 13.0. The molecule has 0 aliphatic carbocycles. The van der Waals surface area contributed by atoms with Gasteiger partial charge in [0.25, 0.3) is 0 Å². The van der Waals surface area contributed by atoms with Gasteiger partial charge in [0.05, 0.1) is 12.2 Å². The van der Waals surface area contributed by atoms with E-state index >= 15 is 0 Å². The standard InChI is InChI=1S/C16H15FN2O3/c1-2-22-15(20)11-6-8-13(9-7-11)18-16(21)19-14-5-3-4-12(17)10-14/h3-10H,2H2,1H3,(H2,18,19,21). The van der Waals surface area contributed by atoms with E-state index < -0.39 is 17.8 Å². The summed E-state index contributed by atoms with van der Waals surface area (Å²) in [5, 5.41) is 5.09. The lowest BCUT2D eigenvalue weighted by Crippen LogP contribution is -2.19. The van der Waals surface area contributed by atoms with Gasteiger partial charge in [-0.05, 0) is 49.4 Å². The summed E-state index contributed by atoms with van der Waals surface area (Å²) < 4.78 is 17.9. The van der Waals surface area contributed by atoms with E-state index in [2.05, 4.69) is 10.6 Å². The van der Waals surface area contributed by atoms with Crippen LogP contribution in [0, 0.1) is 5.82 Å². The van der Waals surface area contributed by atoms with Gasteiger partial charge in [0, 0.05) is 11.4 Å². The minimum atomic E-state index is -0.505. The Kier molecular flexibility index (Phi) is 5.08. The third kappa shape index (κ3) is 4.31. The molecule has 0 radical (unpaired) electrons. The molecule has 0 aliphatic heterocycles. The molecule has 2 N–H and O–H groups in total. The van der Waals surface area contributed by atoms with E-state index in [0.29, 0.717) is 23.5 Å². The van der Waals surface area contributed by atoms with Gasteiger partial charge in [-0.1, -0.05) is 6.07 Å². The number of halogens is 1. The zero-order valence-electron chi connectivity index (χ0n) is 11.9. The number of anilines is 2. The summed E-state index contributed by atoms with van der Waals surface area (Å²) in [5.74, 6) is -0.852. The van der Waals surface area contributed by atoms with E-state index in [1.807, 2.05) is 0 Å². The van der Waals surface area contributed by atoms with Crippen LogP contribution in [-0.2, 0) is 4.74 Å². The van der Waals surface area contributed by atoms with Crippen molar-refractivity contribution >= 4 is 23.4 Å². The van der Waals surface area contributed by atoms with Crippen molar-refractivity contribution in [2.24, 2.45) is 0 Å². The Balaban J connectivity index is 1.95. The summed E-state index contributed by atoms with van der Waals surface area (Å²) in [5.41, 5.74) is 1.25. The second-order valence-electron chi connectivity index (χ2n) is 4.39. The fourth-order valence-corrected chi connectivity index (χ4v) is 1.76. The second-order valence-corrected chi connectivity index (χ2v) is 4.39. The number of carbonyl (C=O) groups excluding carboxylic acids is 2. The lowest BCUT2D eigenvalue weighted by molar-refractivity contribution is 0.0526. The minimum absolute atomic E-state index is 0.300. The molecule has 0 fully saturated rings. The number of rotatable bonds is 4. The van der Waals surface area contributed by atoms with Crippen LogP contribution in [0.1, 0.15) is 17.3 Å². The third-order valence-electron chi connectivity index (χ3n) is 2.74. The van der Waals surface area contributed by atoms with Crippen molar-refractivity contribution in [3.05, 3.63) is 59.9 Å². The van der Waals surface area contributed by atoms with Crippen molar-refractivity contribution in [3.63, 3.8) is 0 Å². The highest BCUT2D eigenvalue weighted by Crippen LogP contribution is 2.13. The summed E-state index contributed by atoms with van der Waals surface area (Å²) in [7, 11) is 0. The van der Waals surface area contributed by atoms with E-state index in [4.69, 9.17) is 4.74 Å². The molecule has 0 unspecified atom stereocenters. The van der Waals surface area contributed by atoms with Crippen LogP contribution >= 0.6 is 0 Å². The number of benzene rings is 2. The van der Waals surface area contributed by atoms with Gasteiger partial charge in [0.15, 0.2) is 0 Å². The minimum Gasteiger partial charge on any atom is -0.462 e. The van der Waals surface area contributed by atoms with Gasteiger partial charge in [-0.3, -0.25) is 0 Å². The number of amides is 2. The topological polar surface area (TPSA) is 67.4 Å². The molecule has 6 heteroatoms. The number of nitrogens with one attached hydrogen (secondary N) is 2. The van der Waals surface area contributed by atoms with Gasteiger partial charge >= 0.3 is 12.0 Å². The van der Waals surface area contributed by atoms with Crippen LogP contribution in [0.4, 0.5) is 20.6 Å². The number of esters is 1. The van der Waals surface area contributed by atoms with E-state index in [9.17, 15) is 14.0 Å². The van der Waals surface area contributed by atoms with Crippen LogP contribution in [0.5, 0.6) is 0 Å². The lowest BCUT2D eigenvalue weighted by atomic mass is 10.2. The first kappa shape index (κ1) is 15.5. The molecule has 0 bridgehead atoms. The Hall–Kier alpha value is -2.89. The average Bonchev–Trinajstić information content (AvgIpc) is 2.48. The molecule has 0 saturated carbocycles. The van der Waals surface area contributed by atoms with Crippen LogP contribution in [-0.4, -0.2) is 18.6 Å². The molecule has 2 aromatic rings. The van der Waals surface area contributed by atoms with Gasteiger partial charge < -0.3 is 15.4 Å². The Bertz CT molecular complexity index is 671. The molecule has 2 amide bonds. The maximum Gasteiger partial charge on any atom is 0.338 e. The highest BCUT2D eigenvalue weighted by Gasteiger charge is 2.07. The predicted molar refractivity (Wildman–Crippen MR) is 81.4 cm³/mol. The first-order chi connectivity index (χ1) is 10.6. The molecule has 0 aliphatic rings. The molecule has 0 heterocycles. The monoisotopic (exact) mass is 302 g/mol. The normalized spacial score (nSPS) is 9.91. The van der Waals surface area contributed by atoms with Crippen molar-refractivity contribution in [1.82, 2.24) is 0 Å². The molecule has 22 heavy (non-hydrogen) atoms. The number of urea groups is 1. The van der Waals surface area contributed by atoms with Gasteiger partial charge in [-0.2, -0.15) is 0 Å². The molecule has 0 saturated heterocycles. The van der Waals surface area contributed by atoms with Gasteiger partial charge in [0.2, 0.25) is 0 Å². The summed E-state index contributed by atoms with van der Waals surface area (Å²) in [6, 6.07) is 11.3. The SMILES string of the molecule is CCOC(=O)c1ccc(NC(=O)Nc2cccc(F)c2)cc1. The molecule has 114 valence electrons. The smallest absolute Gasteiger partial charge is 0.338 e. The number of hydrogen-bond donors (Lipinski definition) is 2. The summed E-state index contributed by atoms with van der Waals surface area (Å²) >= 11 is 0. The zero-order chi connectivity index (χ0) is 15.9. The van der Waals surface area contributed by atoms with E-state index in [1.54, 1.807) is 37.3 Å². The summed E-state index contributed by atoms with van der Waals surface area (Å²) in [6.45, 7) is 2.03. The quantitative estimate of drug-likeness (QED) is 0.847. The Labute approximate surface area is 127 Å². The van der Waals surface area contributed by atoms with E-state index in [1.165, 1.54) is 18.2 Å².